The molecule has 0 amide bonds. The number of unbranched alkanes of at least 4 members (excludes halogenated alkanes) is 2. The summed E-state index contributed by atoms with van der Waals surface area (Å²) in [7, 11) is 0. The van der Waals surface area contributed by atoms with E-state index >= 15 is 0 Å². The minimum atomic E-state index is -0.704. The van der Waals surface area contributed by atoms with E-state index in [1.165, 1.54) is 0 Å². The topological polar surface area (TPSA) is 38.3 Å². The Balaban J connectivity index is 2.19. The summed E-state index contributed by atoms with van der Waals surface area (Å²) >= 11 is 0. The maximum Gasteiger partial charge on any atom is 0.164 e. The lowest BCUT2D eigenvalue weighted by Gasteiger charge is -2.24. The second-order valence-corrected chi connectivity index (χ2v) is 6.78. The van der Waals surface area contributed by atoms with Gasteiger partial charge in [-0.25, -0.2) is 0 Å². The molecule has 0 radical (unpaired) electrons. The molecule has 130 valence electrons. The first kappa shape index (κ1) is 19.9. The number of benzene rings is 1. The molecule has 1 N–H and O–H groups in total. The van der Waals surface area contributed by atoms with Crippen molar-refractivity contribution in [3.8, 4) is 0 Å². The molecule has 23 heavy (non-hydrogen) atoms. The van der Waals surface area contributed by atoms with E-state index in [1.54, 1.807) is 0 Å². The maximum atomic E-state index is 12.3. The molecular formula is C20H33NO2. The number of nitrogens with one attached hydrogen (secondary N) is 1. The molecule has 0 bridgehead atoms. The lowest BCUT2D eigenvalue weighted by molar-refractivity contribution is -0.142. The van der Waals surface area contributed by atoms with Gasteiger partial charge >= 0.3 is 0 Å². The molecule has 0 aliphatic rings. The molecular weight excluding hydrogens is 286 g/mol. The number of ketones is 1. The predicted octanol–water partition coefficient (Wildman–Crippen LogP) is 4.50. The van der Waals surface area contributed by atoms with E-state index in [2.05, 4.69) is 19.2 Å². The van der Waals surface area contributed by atoms with E-state index in [0.29, 0.717) is 19.1 Å². The molecule has 1 aromatic rings. The number of carbonyl (C=O) groups is 1. The van der Waals surface area contributed by atoms with Crippen LogP contribution < -0.4 is 5.32 Å². The molecule has 0 saturated heterocycles. The quantitative estimate of drug-likeness (QED) is 0.576. The average Bonchev–Trinajstić information content (AvgIpc) is 2.56. The van der Waals surface area contributed by atoms with Crippen molar-refractivity contribution in [2.24, 2.45) is 0 Å². The highest BCUT2D eigenvalue weighted by Gasteiger charge is 2.27. The molecule has 1 unspecified atom stereocenters. The molecule has 0 heterocycles. The Morgan fingerprint density at radius 3 is 2.52 bits per heavy atom. The van der Waals surface area contributed by atoms with Crippen LogP contribution in [0.2, 0.25) is 0 Å². The van der Waals surface area contributed by atoms with Crippen LogP contribution in [0.5, 0.6) is 0 Å². The van der Waals surface area contributed by atoms with E-state index in [9.17, 15) is 4.79 Å². The minimum absolute atomic E-state index is 0.198. The molecule has 0 aliphatic carbocycles. The Morgan fingerprint density at radius 2 is 1.87 bits per heavy atom. The number of Topliss-reactive ketones (excluding diaryl/α,β-unsaturated/α-hetero) is 1. The minimum Gasteiger partial charge on any atom is -0.363 e. The number of hydrogen-bond acceptors (Lipinski definition) is 3. The first-order valence-corrected chi connectivity index (χ1v) is 8.90. The SMILES string of the molecule is CCC(C)NCCCCCC(=O)C(C)(C)OCc1ccccc1. The van der Waals surface area contributed by atoms with Gasteiger partial charge in [-0.05, 0) is 52.1 Å². The summed E-state index contributed by atoms with van der Waals surface area (Å²) in [4.78, 5) is 12.3. The monoisotopic (exact) mass is 319 g/mol. The van der Waals surface area contributed by atoms with Crippen LogP contribution in [0.3, 0.4) is 0 Å². The summed E-state index contributed by atoms with van der Waals surface area (Å²) in [5, 5.41) is 3.48. The highest BCUT2D eigenvalue weighted by atomic mass is 16.5. The lowest BCUT2D eigenvalue weighted by atomic mass is 9.98. The van der Waals surface area contributed by atoms with Crippen molar-refractivity contribution in [1.82, 2.24) is 5.32 Å². The standard InChI is InChI=1S/C20H33NO2/c1-5-17(2)21-15-11-7-10-14-19(22)20(3,4)23-16-18-12-8-6-9-13-18/h6,8-9,12-13,17,21H,5,7,10-11,14-16H2,1-4H3. The van der Waals surface area contributed by atoms with Crippen LogP contribution in [0.25, 0.3) is 0 Å². The van der Waals surface area contributed by atoms with E-state index < -0.39 is 5.60 Å². The van der Waals surface area contributed by atoms with Gasteiger partial charge in [0.15, 0.2) is 5.78 Å². The molecule has 0 saturated carbocycles. The third-order valence-electron chi connectivity index (χ3n) is 4.30. The summed E-state index contributed by atoms with van der Waals surface area (Å²) in [5.41, 5.74) is 0.398. The smallest absolute Gasteiger partial charge is 0.164 e. The van der Waals surface area contributed by atoms with Crippen LogP contribution in [-0.2, 0) is 16.1 Å². The van der Waals surface area contributed by atoms with Crippen molar-refractivity contribution in [2.75, 3.05) is 6.54 Å². The van der Waals surface area contributed by atoms with Gasteiger partial charge in [-0.15, -0.1) is 0 Å². The number of ether oxygens (including phenoxy) is 1. The molecule has 1 atom stereocenters. The highest BCUT2D eigenvalue weighted by molar-refractivity contribution is 5.86. The van der Waals surface area contributed by atoms with E-state index in [0.717, 1.165) is 37.8 Å². The third-order valence-corrected chi connectivity index (χ3v) is 4.30. The van der Waals surface area contributed by atoms with Gasteiger partial charge in [-0.2, -0.15) is 0 Å². The zero-order valence-corrected chi connectivity index (χ0v) is 15.2. The summed E-state index contributed by atoms with van der Waals surface area (Å²) < 4.78 is 5.84. The Morgan fingerprint density at radius 1 is 1.17 bits per heavy atom. The number of rotatable bonds is 12. The fraction of sp³-hybridized carbons (Fsp3) is 0.650. The van der Waals surface area contributed by atoms with Crippen molar-refractivity contribution in [2.45, 2.75) is 78.0 Å². The Kier molecular flexibility index (Phi) is 9.12. The number of carbonyl (C=O) groups excluding carboxylic acids is 1. The summed E-state index contributed by atoms with van der Waals surface area (Å²) in [6.45, 7) is 9.67. The zero-order chi connectivity index (χ0) is 17.1. The molecule has 3 heteroatoms. The number of hydrogen-bond donors (Lipinski definition) is 1. The van der Waals surface area contributed by atoms with Gasteiger partial charge in [-0.3, -0.25) is 4.79 Å². The molecule has 1 rings (SSSR count). The van der Waals surface area contributed by atoms with Crippen molar-refractivity contribution >= 4 is 5.78 Å². The van der Waals surface area contributed by atoms with Crippen LogP contribution in [0.4, 0.5) is 0 Å². The van der Waals surface area contributed by atoms with Crippen LogP contribution in [0, 0.1) is 0 Å². The van der Waals surface area contributed by atoms with E-state index in [4.69, 9.17) is 4.74 Å². The van der Waals surface area contributed by atoms with Crippen LogP contribution in [0.15, 0.2) is 30.3 Å². The van der Waals surface area contributed by atoms with Gasteiger partial charge in [0.2, 0.25) is 0 Å². The largest absolute Gasteiger partial charge is 0.363 e. The Labute approximate surface area is 141 Å². The molecule has 0 aliphatic heterocycles. The van der Waals surface area contributed by atoms with Crippen molar-refractivity contribution < 1.29 is 9.53 Å². The molecule has 0 aromatic heterocycles. The maximum absolute atomic E-state index is 12.3. The highest BCUT2D eigenvalue weighted by Crippen LogP contribution is 2.17. The van der Waals surface area contributed by atoms with E-state index in [-0.39, 0.29) is 5.78 Å². The molecule has 0 fully saturated rings. The Hall–Kier alpha value is -1.19. The molecule has 0 spiro atoms. The first-order valence-electron chi connectivity index (χ1n) is 8.90. The summed E-state index contributed by atoms with van der Waals surface area (Å²) in [6, 6.07) is 10.6. The predicted molar refractivity (Wildman–Crippen MR) is 96.5 cm³/mol. The zero-order valence-electron chi connectivity index (χ0n) is 15.2. The van der Waals surface area contributed by atoms with E-state index in [1.807, 2.05) is 44.2 Å². The second kappa shape index (κ2) is 10.6. The van der Waals surface area contributed by atoms with Gasteiger partial charge in [0.25, 0.3) is 0 Å². The van der Waals surface area contributed by atoms with Gasteiger partial charge in [-0.1, -0.05) is 43.7 Å². The fourth-order valence-corrected chi connectivity index (χ4v) is 2.30. The summed E-state index contributed by atoms with van der Waals surface area (Å²) in [6.07, 6.45) is 4.92. The van der Waals surface area contributed by atoms with Gasteiger partial charge < -0.3 is 10.1 Å². The van der Waals surface area contributed by atoms with Crippen LogP contribution in [-0.4, -0.2) is 24.0 Å². The van der Waals surface area contributed by atoms with Crippen LogP contribution >= 0.6 is 0 Å². The first-order chi connectivity index (χ1) is 11.0. The van der Waals surface area contributed by atoms with Crippen molar-refractivity contribution in [1.29, 1.82) is 0 Å². The molecule has 1 aromatic carbocycles. The fourth-order valence-electron chi connectivity index (χ4n) is 2.30. The Bertz CT molecular complexity index is 442. The summed E-state index contributed by atoms with van der Waals surface area (Å²) in [5.74, 6) is 0.198. The second-order valence-electron chi connectivity index (χ2n) is 6.78. The lowest BCUT2D eigenvalue weighted by Crippen LogP contribution is -2.34. The van der Waals surface area contributed by atoms with Crippen molar-refractivity contribution in [3.63, 3.8) is 0 Å². The normalized spacial score (nSPS) is 13.0. The van der Waals surface area contributed by atoms with Crippen LogP contribution in [0.1, 0.15) is 65.4 Å². The molecule has 3 nitrogen and oxygen atoms in total. The van der Waals surface area contributed by atoms with Crippen molar-refractivity contribution in [3.05, 3.63) is 35.9 Å². The average molecular weight is 319 g/mol. The van der Waals surface area contributed by atoms with Gasteiger partial charge in [0, 0.05) is 12.5 Å². The van der Waals surface area contributed by atoms with Gasteiger partial charge in [0.1, 0.15) is 5.60 Å². The third kappa shape index (κ3) is 8.29. The van der Waals surface area contributed by atoms with Gasteiger partial charge in [0.05, 0.1) is 6.61 Å².